The molecule has 2 amide bonds. The summed E-state index contributed by atoms with van der Waals surface area (Å²) in [6, 6.07) is 18.5. The number of methoxy groups -OCH3 is 2. The molecule has 0 aromatic heterocycles. The molecule has 0 saturated carbocycles. The monoisotopic (exact) mass is 402 g/mol. The number of amides is 2. The van der Waals surface area contributed by atoms with E-state index in [1.807, 2.05) is 36.4 Å². The summed E-state index contributed by atoms with van der Waals surface area (Å²) in [5.41, 5.74) is 1.48. The van der Waals surface area contributed by atoms with E-state index in [2.05, 4.69) is 5.16 Å². The lowest BCUT2D eigenvalue weighted by Gasteiger charge is -2.16. The number of benzene rings is 3. The van der Waals surface area contributed by atoms with Crippen molar-refractivity contribution in [1.82, 2.24) is 0 Å². The molecule has 0 aliphatic carbocycles. The number of imide groups is 1. The molecule has 0 radical (unpaired) electrons. The van der Waals surface area contributed by atoms with Gasteiger partial charge in [-0.2, -0.15) is 0 Å². The van der Waals surface area contributed by atoms with E-state index in [4.69, 9.17) is 14.3 Å². The van der Waals surface area contributed by atoms with Gasteiger partial charge in [-0.25, -0.2) is 4.90 Å². The first-order valence-corrected chi connectivity index (χ1v) is 9.45. The number of hydrogen-bond acceptors (Lipinski definition) is 6. The SMILES string of the molecule is COc1ccc(C2=NOC3C(=O)N(c4ccc5ccccc5c4)C(=O)C23)c(OC)c1. The standard InChI is InChI=1S/C23H18N2O5/c1-28-16-9-10-17(18(12-16)29-2)20-19-21(30-24-20)23(27)25(22(19)26)15-8-7-13-5-3-4-6-14(13)11-15/h3-12,19,21H,1-2H3. The fraction of sp³-hybridized carbons (Fsp3) is 0.174. The van der Waals surface area contributed by atoms with E-state index in [0.29, 0.717) is 28.5 Å². The Balaban J connectivity index is 1.53. The van der Waals surface area contributed by atoms with Crippen molar-refractivity contribution in [2.24, 2.45) is 11.1 Å². The Hall–Kier alpha value is -3.87. The molecule has 7 heteroatoms. The van der Waals surface area contributed by atoms with E-state index in [1.165, 1.54) is 12.0 Å². The highest BCUT2D eigenvalue weighted by Crippen LogP contribution is 2.38. The van der Waals surface area contributed by atoms with Crippen LogP contribution in [0.25, 0.3) is 10.8 Å². The second-order valence-electron chi connectivity index (χ2n) is 7.09. The summed E-state index contributed by atoms with van der Waals surface area (Å²) in [4.78, 5) is 32.9. The first-order chi connectivity index (χ1) is 14.6. The number of oxime groups is 1. The van der Waals surface area contributed by atoms with E-state index < -0.39 is 17.9 Å². The van der Waals surface area contributed by atoms with E-state index in [-0.39, 0.29) is 5.91 Å². The van der Waals surface area contributed by atoms with Crippen molar-refractivity contribution in [3.63, 3.8) is 0 Å². The Labute approximate surface area is 172 Å². The van der Waals surface area contributed by atoms with Gasteiger partial charge < -0.3 is 14.3 Å². The fourth-order valence-electron chi connectivity index (χ4n) is 3.98. The van der Waals surface area contributed by atoms with Crippen LogP contribution >= 0.6 is 0 Å². The minimum atomic E-state index is -0.981. The Bertz CT molecular complexity index is 1220. The summed E-state index contributed by atoms with van der Waals surface area (Å²) in [5.74, 6) is -0.521. The first-order valence-electron chi connectivity index (χ1n) is 9.45. The number of anilines is 1. The van der Waals surface area contributed by atoms with Crippen molar-refractivity contribution in [2.75, 3.05) is 19.1 Å². The number of rotatable bonds is 4. The van der Waals surface area contributed by atoms with Crippen molar-refractivity contribution < 1.29 is 23.9 Å². The summed E-state index contributed by atoms with van der Waals surface area (Å²) >= 11 is 0. The zero-order chi connectivity index (χ0) is 20.8. The van der Waals surface area contributed by atoms with Crippen LogP contribution < -0.4 is 14.4 Å². The maximum absolute atomic E-state index is 13.3. The quantitative estimate of drug-likeness (QED) is 0.627. The first kappa shape index (κ1) is 18.2. The summed E-state index contributed by atoms with van der Waals surface area (Å²) in [5, 5.41) is 6.03. The Morgan fingerprint density at radius 2 is 1.70 bits per heavy atom. The van der Waals surface area contributed by atoms with Gasteiger partial charge in [0.1, 0.15) is 23.1 Å². The zero-order valence-corrected chi connectivity index (χ0v) is 16.4. The van der Waals surface area contributed by atoms with Crippen molar-refractivity contribution in [2.45, 2.75) is 6.10 Å². The highest BCUT2D eigenvalue weighted by molar-refractivity contribution is 6.33. The van der Waals surface area contributed by atoms with Gasteiger partial charge in [0.15, 0.2) is 0 Å². The molecule has 7 nitrogen and oxygen atoms in total. The Kier molecular flexibility index (Phi) is 4.17. The molecule has 2 atom stereocenters. The molecule has 2 aliphatic heterocycles. The van der Waals surface area contributed by atoms with E-state index >= 15 is 0 Å². The maximum Gasteiger partial charge on any atom is 0.278 e. The zero-order valence-electron chi connectivity index (χ0n) is 16.4. The number of fused-ring (bicyclic) bond motifs is 2. The van der Waals surface area contributed by atoms with Crippen LogP contribution in [0.4, 0.5) is 5.69 Å². The summed E-state index contributed by atoms with van der Waals surface area (Å²) in [7, 11) is 3.08. The lowest BCUT2D eigenvalue weighted by molar-refractivity contribution is -0.126. The van der Waals surface area contributed by atoms with E-state index in [0.717, 1.165) is 10.8 Å². The second kappa shape index (κ2) is 6.88. The maximum atomic E-state index is 13.3. The molecule has 30 heavy (non-hydrogen) atoms. The third-order valence-corrected chi connectivity index (χ3v) is 5.49. The van der Waals surface area contributed by atoms with Gasteiger partial charge in [-0.15, -0.1) is 0 Å². The van der Waals surface area contributed by atoms with Crippen LogP contribution in [0.1, 0.15) is 5.56 Å². The van der Waals surface area contributed by atoms with Gasteiger partial charge in [0.2, 0.25) is 12.0 Å². The van der Waals surface area contributed by atoms with Crippen molar-refractivity contribution in [3.8, 4) is 11.5 Å². The van der Waals surface area contributed by atoms with E-state index in [9.17, 15) is 9.59 Å². The van der Waals surface area contributed by atoms with Crippen LogP contribution in [0.2, 0.25) is 0 Å². The number of carbonyl (C=O) groups is 2. The van der Waals surface area contributed by atoms with Gasteiger partial charge in [0.05, 0.1) is 19.9 Å². The predicted octanol–water partition coefficient (Wildman–Crippen LogP) is 3.15. The summed E-state index contributed by atoms with van der Waals surface area (Å²) in [6.45, 7) is 0. The average Bonchev–Trinajstić information content (AvgIpc) is 3.32. The smallest absolute Gasteiger partial charge is 0.278 e. The van der Waals surface area contributed by atoms with Gasteiger partial charge in [0, 0.05) is 11.6 Å². The normalized spacial score (nSPS) is 20.2. The molecule has 5 rings (SSSR count). The average molecular weight is 402 g/mol. The number of carbonyl (C=O) groups excluding carboxylic acids is 2. The summed E-state index contributed by atoms with van der Waals surface area (Å²) in [6.07, 6.45) is -0.981. The molecule has 3 aromatic rings. The van der Waals surface area contributed by atoms with Gasteiger partial charge in [-0.3, -0.25) is 9.59 Å². The molecule has 1 saturated heterocycles. The molecular weight excluding hydrogens is 384 g/mol. The number of nitrogens with zero attached hydrogens (tertiary/aromatic N) is 2. The van der Waals surface area contributed by atoms with Crippen LogP contribution in [-0.2, 0) is 14.4 Å². The highest BCUT2D eigenvalue weighted by atomic mass is 16.7. The molecule has 0 N–H and O–H groups in total. The molecule has 2 aliphatic rings. The molecular formula is C23H18N2O5. The minimum absolute atomic E-state index is 0.366. The summed E-state index contributed by atoms with van der Waals surface area (Å²) < 4.78 is 10.7. The van der Waals surface area contributed by atoms with Crippen LogP contribution in [0.5, 0.6) is 11.5 Å². The number of ether oxygens (including phenoxy) is 2. The van der Waals surface area contributed by atoms with Gasteiger partial charge in [-0.1, -0.05) is 35.5 Å². The molecule has 1 fully saturated rings. The lowest BCUT2D eigenvalue weighted by Crippen LogP contribution is -2.33. The number of hydrogen-bond donors (Lipinski definition) is 0. The van der Waals surface area contributed by atoms with Crippen molar-refractivity contribution in [3.05, 3.63) is 66.2 Å². The van der Waals surface area contributed by atoms with Crippen LogP contribution in [0.3, 0.4) is 0 Å². The molecule has 150 valence electrons. The topological polar surface area (TPSA) is 77.4 Å². The second-order valence-corrected chi connectivity index (χ2v) is 7.09. The molecule has 3 aromatic carbocycles. The van der Waals surface area contributed by atoms with Gasteiger partial charge in [0.25, 0.3) is 5.91 Å². The Morgan fingerprint density at radius 1 is 0.900 bits per heavy atom. The van der Waals surface area contributed by atoms with Crippen molar-refractivity contribution in [1.29, 1.82) is 0 Å². The molecule has 0 spiro atoms. The van der Waals surface area contributed by atoms with Crippen LogP contribution in [0.15, 0.2) is 65.8 Å². The third kappa shape index (κ3) is 2.62. The predicted molar refractivity (Wildman–Crippen MR) is 111 cm³/mol. The molecule has 2 unspecified atom stereocenters. The molecule has 0 bridgehead atoms. The van der Waals surface area contributed by atoms with E-state index in [1.54, 1.807) is 31.4 Å². The lowest BCUT2D eigenvalue weighted by atomic mass is 9.93. The third-order valence-electron chi connectivity index (χ3n) is 5.49. The van der Waals surface area contributed by atoms with Gasteiger partial charge >= 0.3 is 0 Å². The molecule has 2 heterocycles. The van der Waals surface area contributed by atoms with Crippen LogP contribution in [-0.4, -0.2) is 37.8 Å². The largest absolute Gasteiger partial charge is 0.497 e. The highest BCUT2D eigenvalue weighted by Gasteiger charge is 2.56. The van der Waals surface area contributed by atoms with Gasteiger partial charge in [-0.05, 0) is 35.0 Å². The van der Waals surface area contributed by atoms with Crippen molar-refractivity contribution >= 4 is 34.0 Å². The Morgan fingerprint density at radius 3 is 2.47 bits per heavy atom. The van der Waals surface area contributed by atoms with Crippen LogP contribution in [0, 0.1) is 5.92 Å². The minimum Gasteiger partial charge on any atom is -0.497 e. The fourth-order valence-corrected chi connectivity index (χ4v) is 3.98.